The summed E-state index contributed by atoms with van der Waals surface area (Å²) in [6.07, 6.45) is 26.2. The molecule has 0 saturated heterocycles. The average molecular weight is 383 g/mol. The summed E-state index contributed by atoms with van der Waals surface area (Å²) in [7, 11) is 0. The van der Waals surface area contributed by atoms with Crippen LogP contribution in [-0.4, -0.2) is 22.3 Å². The predicted molar refractivity (Wildman–Crippen MR) is 116 cm³/mol. The molecule has 0 aromatic rings. The first-order valence-corrected chi connectivity index (χ1v) is 11.7. The molecule has 2 N–H and O–H groups in total. The fraction of sp³-hybridized carbons (Fsp3) is 0.875. The molecule has 3 heteroatoms. The first kappa shape index (κ1) is 26.2. The largest absolute Gasteiger partial charge is 0.481 e. The van der Waals surface area contributed by atoms with Crippen molar-refractivity contribution >= 4 is 5.97 Å². The number of hydrogen-bond acceptors (Lipinski definition) is 2. The zero-order chi connectivity index (χ0) is 20.0. The highest BCUT2D eigenvalue weighted by Crippen LogP contribution is 2.14. The molecule has 0 fully saturated rings. The van der Waals surface area contributed by atoms with Crippen LogP contribution in [0.4, 0.5) is 0 Å². The Hall–Kier alpha value is -0.830. The summed E-state index contributed by atoms with van der Waals surface area (Å²) in [6.45, 7) is 2.12. The number of carboxylic acids is 1. The molecule has 0 aliphatic carbocycles. The number of carbonyl (C=O) groups is 1. The third-order valence-electron chi connectivity index (χ3n) is 5.24. The molecule has 0 aromatic carbocycles. The van der Waals surface area contributed by atoms with Gasteiger partial charge in [-0.1, -0.05) is 109 Å². The number of unbranched alkanes of at least 4 members (excludes halogenated alkanes) is 14. The Morgan fingerprint density at radius 3 is 1.52 bits per heavy atom. The van der Waals surface area contributed by atoms with Crippen LogP contribution in [0.1, 0.15) is 129 Å². The van der Waals surface area contributed by atoms with Gasteiger partial charge in [0.25, 0.3) is 0 Å². The summed E-state index contributed by atoms with van der Waals surface area (Å²) in [5, 5.41) is 18.4. The highest BCUT2D eigenvalue weighted by Gasteiger charge is 2.01. The van der Waals surface area contributed by atoms with E-state index in [4.69, 9.17) is 5.11 Å². The van der Waals surface area contributed by atoms with Gasteiger partial charge in [0.1, 0.15) is 0 Å². The van der Waals surface area contributed by atoms with E-state index in [0.29, 0.717) is 6.42 Å². The normalized spacial score (nSPS) is 12.7. The minimum atomic E-state index is -0.663. The first-order valence-electron chi connectivity index (χ1n) is 11.7. The predicted octanol–water partition coefficient (Wildman–Crippen LogP) is 7.42. The summed E-state index contributed by atoms with van der Waals surface area (Å²) < 4.78 is 0. The van der Waals surface area contributed by atoms with E-state index in [0.717, 1.165) is 38.5 Å². The van der Waals surface area contributed by atoms with Gasteiger partial charge in [0.2, 0.25) is 0 Å². The Labute approximate surface area is 168 Å². The summed E-state index contributed by atoms with van der Waals surface area (Å²) in [4.78, 5) is 10.4. The Morgan fingerprint density at radius 2 is 1.11 bits per heavy atom. The molecule has 0 heterocycles. The van der Waals surface area contributed by atoms with Crippen LogP contribution in [0.25, 0.3) is 0 Å². The van der Waals surface area contributed by atoms with Crippen molar-refractivity contribution in [1.29, 1.82) is 0 Å². The van der Waals surface area contributed by atoms with Crippen LogP contribution < -0.4 is 0 Å². The lowest BCUT2D eigenvalue weighted by Crippen LogP contribution is -2.04. The fourth-order valence-corrected chi connectivity index (χ4v) is 3.49. The quantitative estimate of drug-likeness (QED) is 0.160. The summed E-state index contributed by atoms with van der Waals surface area (Å²) in [6, 6.07) is 0. The molecule has 1 atom stereocenters. The average Bonchev–Trinajstić information content (AvgIpc) is 2.64. The van der Waals surface area contributed by atoms with Gasteiger partial charge in [-0.15, -0.1) is 0 Å². The number of aliphatic hydroxyl groups is 1. The molecule has 3 nitrogen and oxygen atoms in total. The Balaban J connectivity index is 3.10. The molecule has 0 aromatic heterocycles. The molecular formula is C24H46O3. The highest BCUT2D eigenvalue weighted by atomic mass is 16.4. The Morgan fingerprint density at radius 1 is 0.704 bits per heavy atom. The lowest BCUT2D eigenvalue weighted by molar-refractivity contribution is -0.137. The van der Waals surface area contributed by atoms with E-state index < -0.39 is 5.97 Å². The second-order valence-corrected chi connectivity index (χ2v) is 8.00. The number of aliphatic carboxylic acids is 1. The molecule has 1 unspecified atom stereocenters. The van der Waals surface area contributed by atoms with Gasteiger partial charge in [0, 0.05) is 6.42 Å². The summed E-state index contributed by atoms with van der Waals surface area (Å²) in [5.41, 5.74) is 0. The van der Waals surface area contributed by atoms with Gasteiger partial charge in [0.05, 0.1) is 6.10 Å². The second-order valence-electron chi connectivity index (χ2n) is 8.00. The number of aliphatic hydroxyl groups excluding tert-OH is 1. The van der Waals surface area contributed by atoms with Crippen LogP contribution >= 0.6 is 0 Å². The van der Waals surface area contributed by atoms with Crippen molar-refractivity contribution in [1.82, 2.24) is 0 Å². The zero-order valence-corrected chi connectivity index (χ0v) is 18.0. The molecule has 0 radical (unpaired) electrons. The van der Waals surface area contributed by atoms with E-state index in [1.54, 1.807) is 0 Å². The van der Waals surface area contributed by atoms with Gasteiger partial charge in [-0.05, 0) is 25.7 Å². The SMILES string of the molecule is CCC=CCC(O)CCCCCCCCCCCCCCCCCC(=O)O. The molecular weight excluding hydrogens is 336 g/mol. The van der Waals surface area contributed by atoms with E-state index >= 15 is 0 Å². The van der Waals surface area contributed by atoms with E-state index in [1.807, 2.05) is 0 Å². The Bertz CT molecular complexity index is 339. The third-order valence-corrected chi connectivity index (χ3v) is 5.24. The minimum absolute atomic E-state index is 0.141. The second kappa shape index (κ2) is 21.5. The molecule has 0 aliphatic heterocycles. The van der Waals surface area contributed by atoms with Crippen LogP contribution in [0.3, 0.4) is 0 Å². The van der Waals surface area contributed by atoms with Gasteiger partial charge in [-0.3, -0.25) is 4.79 Å². The summed E-state index contributed by atoms with van der Waals surface area (Å²) in [5.74, 6) is -0.663. The fourth-order valence-electron chi connectivity index (χ4n) is 3.49. The van der Waals surface area contributed by atoms with Gasteiger partial charge in [-0.2, -0.15) is 0 Å². The van der Waals surface area contributed by atoms with Crippen molar-refractivity contribution in [2.45, 2.75) is 135 Å². The molecule has 0 spiro atoms. The van der Waals surface area contributed by atoms with Crippen LogP contribution in [0.15, 0.2) is 12.2 Å². The monoisotopic (exact) mass is 382 g/mol. The summed E-state index contributed by atoms with van der Waals surface area (Å²) >= 11 is 0. The minimum Gasteiger partial charge on any atom is -0.481 e. The highest BCUT2D eigenvalue weighted by molar-refractivity contribution is 5.66. The first-order chi connectivity index (χ1) is 13.2. The van der Waals surface area contributed by atoms with Crippen molar-refractivity contribution < 1.29 is 15.0 Å². The van der Waals surface area contributed by atoms with Gasteiger partial charge < -0.3 is 10.2 Å². The smallest absolute Gasteiger partial charge is 0.303 e. The van der Waals surface area contributed by atoms with Crippen LogP contribution in [0.5, 0.6) is 0 Å². The zero-order valence-electron chi connectivity index (χ0n) is 18.0. The maximum Gasteiger partial charge on any atom is 0.303 e. The number of carboxylic acid groups (broad SMARTS) is 1. The Kier molecular flexibility index (Phi) is 20.8. The van der Waals surface area contributed by atoms with Crippen molar-refractivity contribution in [3.8, 4) is 0 Å². The maximum absolute atomic E-state index is 10.4. The van der Waals surface area contributed by atoms with E-state index in [1.165, 1.54) is 77.0 Å². The molecule has 0 rings (SSSR count). The molecule has 0 bridgehead atoms. The maximum atomic E-state index is 10.4. The standard InChI is InChI=1S/C24H46O3/c1-2-3-17-20-23(25)21-18-15-13-11-9-7-5-4-6-8-10-12-14-16-19-22-24(26)27/h3,17,23,25H,2,4-16,18-22H2,1H3,(H,26,27). The topological polar surface area (TPSA) is 57.5 Å². The van der Waals surface area contributed by atoms with E-state index in [9.17, 15) is 9.90 Å². The molecule has 0 saturated carbocycles. The number of allylic oxidation sites excluding steroid dienone is 1. The van der Waals surface area contributed by atoms with Crippen molar-refractivity contribution in [3.63, 3.8) is 0 Å². The molecule has 160 valence electrons. The van der Waals surface area contributed by atoms with Gasteiger partial charge in [0.15, 0.2) is 0 Å². The van der Waals surface area contributed by atoms with Gasteiger partial charge in [-0.25, -0.2) is 0 Å². The van der Waals surface area contributed by atoms with Crippen molar-refractivity contribution in [2.24, 2.45) is 0 Å². The van der Waals surface area contributed by atoms with Crippen LogP contribution in [0.2, 0.25) is 0 Å². The number of hydrogen-bond donors (Lipinski definition) is 2. The molecule has 27 heavy (non-hydrogen) atoms. The molecule has 0 aliphatic rings. The lowest BCUT2D eigenvalue weighted by atomic mass is 10.0. The van der Waals surface area contributed by atoms with Crippen LogP contribution in [0, 0.1) is 0 Å². The van der Waals surface area contributed by atoms with Gasteiger partial charge >= 0.3 is 5.97 Å². The lowest BCUT2D eigenvalue weighted by Gasteiger charge is -2.07. The third kappa shape index (κ3) is 23.1. The van der Waals surface area contributed by atoms with Crippen molar-refractivity contribution in [3.05, 3.63) is 12.2 Å². The van der Waals surface area contributed by atoms with Crippen LogP contribution in [-0.2, 0) is 4.79 Å². The van der Waals surface area contributed by atoms with E-state index in [2.05, 4.69) is 19.1 Å². The number of rotatable bonds is 21. The molecule has 0 amide bonds. The van der Waals surface area contributed by atoms with E-state index in [-0.39, 0.29) is 6.10 Å². The van der Waals surface area contributed by atoms with Crippen molar-refractivity contribution in [2.75, 3.05) is 0 Å².